The van der Waals surface area contributed by atoms with E-state index in [2.05, 4.69) is 5.32 Å². The Hall–Kier alpha value is -1.86. The van der Waals surface area contributed by atoms with Gasteiger partial charge in [0.2, 0.25) is 6.17 Å². The summed E-state index contributed by atoms with van der Waals surface area (Å²) in [5.74, 6) is -0.687. The number of nitro benzene ring substituents is 1. The van der Waals surface area contributed by atoms with Crippen LogP contribution in [0.3, 0.4) is 0 Å². The highest BCUT2D eigenvalue weighted by atomic mass is 35.6. The van der Waals surface area contributed by atoms with Crippen LogP contribution in [0.5, 0.6) is 0 Å². The topological polar surface area (TPSA) is 88.8 Å². The number of nitrogens with zero attached hydrogens (tertiary/aromatic N) is 1. The lowest BCUT2D eigenvalue weighted by atomic mass is 10.1. The van der Waals surface area contributed by atoms with E-state index in [1.807, 2.05) is 30.3 Å². The fourth-order valence-electron chi connectivity index (χ4n) is 2.19. The number of hydrogen-bond donors (Lipinski definition) is 2. The van der Waals surface area contributed by atoms with E-state index in [0.29, 0.717) is 6.54 Å². The largest absolute Gasteiger partial charge is 0.319 e. The molecule has 6 nitrogen and oxygen atoms in total. The number of amides is 1. The summed E-state index contributed by atoms with van der Waals surface area (Å²) in [5, 5.41) is 15.3. The zero-order valence-corrected chi connectivity index (χ0v) is 15.1. The van der Waals surface area contributed by atoms with Gasteiger partial charge in [-0.1, -0.05) is 77.3 Å². The summed E-state index contributed by atoms with van der Waals surface area (Å²) in [6.45, 7) is 0.455. The average molecular weight is 404 g/mol. The number of carbonyl (C=O) groups is 1. The minimum absolute atomic E-state index is 0.0974. The summed E-state index contributed by atoms with van der Waals surface area (Å²) < 4.78 is -1.80. The number of halogens is 3. The molecule has 2 aromatic carbocycles. The first-order valence-corrected chi connectivity index (χ1v) is 8.40. The summed E-state index contributed by atoms with van der Waals surface area (Å²) in [5.41, 5.74) is 0.563. The van der Waals surface area contributed by atoms with Gasteiger partial charge < -0.3 is 5.32 Å². The lowest BCUT2D eigenvalue weighted by Crippen LogP contribution is -2.95. The van der Waals surface area contributed by atoms with Crippen molar-refractivity contribution in [2.24, 2.45) is 0 Å². The van der Waals surface area contributed by atoms with Crippen molar-refractivity contribution in [1.82, 2.24) is 5.32 Å². The van der Waals surface area contributed by atoms with Crippen molar-refractivity contribution in [2.75, 3.05) is 0 Å². The van der Waals surface area contributed by atoms with Gasteiger partial charge in [-0.15, -0.1) is 0 Å². The van der Waals surface area contributed by atoms with E-state index < -0.39 is 20.8 Å². The molecule has 0 spiro atoms. The number of hydrogen-bond acceptors (Lipinski definition) is 3. The Morgan fingerprint density at radius 2 is 1.72 bits per heavy atom. The molecule has 1 atom stereocenters. The highest BCUT2D eigenvalue weighted by molar-refractivity contribution is 6.68. The Labute approximate surface area is 159 Å². The van der Waals surface area contributed by atoms with Crippen molar-refractivity contribution in [3.8, 4) is 0 Å². The van der Waals surface area contributed by atoms with E-state index in [4.69, 9.17) is 34.8 Å². The van der Waals surface area contributed by atoms with E-state index in [-0.39, 0.29) is 11.3 Å². The average Bonchev–Trinajstić information content (AvgIpc) is 2.58. The van der Waals surface area contributed by atoms with Crippen molar-refractivity contribution in [2.45, 2.75) is 16.5 Å². The van der Waals surface area contributed by atoms with Gasteiger partial charge in [0, 0.05) is 11.6 Å². The predicted octanol–water partition coefficient (Wildman–Crippen LogP) is 2.78. The lowest BCUT2D eigenvalue weighted by Gasteiger charge is -2.23. The van der Waals surface area contributed by atoms with Crippen molar-refractivity contribution in [1.29, 1.82) is 0 Å². The van der Waals surface area contributed by atoms with E-state index >= 15 is 0 Å². The third-order valence-corrected chi connectivity index (χ3v) is 4.12. The molecule has 0 heterocycles. The van der Waals surface area contributed by atoms with Gasteiger partial charge in [-0.3, -0.25) is 20.2 Å². The second-order valence-electron chi connectivity index (χ2n) is 5.19. The molecular weight excluding hydrogens is 389 g/mol. The van der Waals surface area contributed by atoms with Crippen LogP contribution >= 0.6 is 34.8 Å². The third kappa shape index (κ3) is 5.57. The number of alkyl halides is 3. The minimum Gasteiger partial charge on any atom is -0.319 e. The highest BCUT2D eigenvalue weighted by Gasteiger charge is 2.38. The molecule has 1 amide bonds. The van der Waals surface area contributed by atoms with Gasteiger partial charge in [0.1, 0.15) is 12.1 Å². The maximum atomic E-state index is 12.4. The van der Waals surface area contributed by atoms with Gasteiger partial charge in [0.05, 0.1) is 4.92 Å². The van der Waals surface area contributed by atoms with Crippen LogP contribution in [-0.4, -0.2) is 20.8 Å². The Bertz CT molecular complexity index is 751. The van der Waals surface area contributed by atoms with Crippen molar-refractivity contribution in [3.05, 3.63) is 75.8 Å². The van der Waals surface area contributed by atoms with Gasteiger partial charge in [-0.2, -0.15) is 0 Å². The standard InChI is InChI=1S/C16H14Cl3N3O3/c17-16(18,19)15(20-10-11-6-2-1-3-7-11)21-14(23)12-8-4-5-9-13(12)22(24)25/h1-9,15,20H,10H2,(H,21,23)/p+1. The highest BCUT2D eigenvalue weighted by Crippen LogP contribution is 2.28. The van der Waals surface area contributed by atoms with Gasteiger partial charge >= 0.3 is 0 Å². The molecule has 1 unspecified atom stereocenters. The lowest BCUT2D eigenvalue weighted by molar-refractivity contribution is -0.706. The second kappa shape index (κ2) is 8.49. The Morgan fingerprint density at radius 1 is 1.12 bits per heavy atom. The van der Waals surface area contributed by atoms with Crippen LogP contribution < -0.4 is 10.6 Å². The van der Waals surface area contributed by atoms with Crippen LogP contribution in [0.1, 0.15) is 15.9 Å². The summed E-state index contributed by atoms with van der Waals surface area (Å²) in [6.07, 6.45) is -0.926. The first-order valence-electron chi connectivity index (χ1n) is 7.27. The molecule has 0 aromatic heterocycles. The summed E-state index contributed by atoms with van der Waals surface area (Å²) >= 11 is 17.9. The smallest absolute Gasteiger partial charge is 0.282 e. The SMILES string of the molecule is O=C(NC([NH2+]Cc1ccccc1)C(Cl)(Cl)Cl)c1ccccc1[N+](=O)[O-]. The van der Waals surface area contributed by atoms with E-state index in [0.717, 1.165) is 5.56 Å². The van der Waals surface area contributed by atoms with Crippen molar-refractivity contribution in [3.63, 3.8) is 0 Å². The first-order chi connectivity index (χ1) is 11.8. The molecule has 0 aliphatic heterocycles. The molecule has 0 bridgehead atoms. The zero-order valence-electron chi connectivity index (χ0n) is 12.9. The molecule has 0 aliphatic carbocycles. The quantitative estimate of drug-likeness (QED) is 0.336. The van der Waals surface area contributed by atoms with Gasteiger partial charge in [-0.25, -0.2) is 0 Å². The molecule has 0 saturated carbocycles. The number of benzene rings is 2. The van der Waals surface area contributed by atoms with Crippen LogP contribution in [0.4, 0.5) is 5.69 Å². The summed E-state index contributed by atoms with van der Waals surface area (Å²) in [6, 6.07) is 15.0. The maximum absolute atomic E-state index is 12.4. The van der Waals surface area contributed by atoms with Gasteiger partial charge in [-0.05, 0) is 6.07 Å². The molecule has 2 aromatic rings. The predicted molar refractivity (Wildman–Crippen MR) is 96.7 cm³/mol. The first kappa shape index (κ1) is 19.5. The molecule has 25 heavy (non-hydrogen) atoms. The maximum Gasteiger partial charge on any atom is 0.282 e. The molecule has 0 radical (unpaired) electrons. The van der Waals surface area contributed by atoms with Crippen LogP contribution in [-0.2, 0) is 6.54 Å². The normalized spacial score (nSPS) is 12.4. The van der Waals surface area contributed by atoms with Crippen LogP contribution in [0, 0.1) is 10.1 Å². The molecule has 0 fully saturated rings. The summed E-state index contributed by atoms with van der Waals surface area (Å²) in [7, 11) is 0. The van der Waals surface area contributed by atoms with Crippen LogP contribution in [0.2, 0.25) is 0 Å². The summed E-state index contributed by atoms with van der Waals surface area (Å²) in [4.78, 5) is 22.9. The minimum atomic E-state index is -1.80. The van der Waals surface area contributed by atoms with Crippen molar-refractivity contribution < 1.29 is 15.0 Å². The van der Waals surface area contributed by atoms with E-state index in [1.165, 1.54) is 24.3 Å². The molecule has 0 aliphatic rings. The number of carbonyl (C=O) groups excluding carboxylic acids is 1. The Kier molecular flexibility index (Phi) is 6.61. The Balaban J connectivity index is 2.14. The number of quaternary nitrogens is 1. The molecule has 132 valence electrons. The van der Waals surface area contributed by atoms with Gasteiger partial charge in [0.25, 0.3) is 15.4 Å². The van der Waals surface area contributed by atoms with E-state index in [9.17, 15) is 14.9 Å². The van der Waals surface area contributed by atoms with Gasteiger partial charge in [0.15, 0.2) is 0 Å². The number of rotatable bonds is 6. The molecular formula is C16H15Cl3N3O3+. The number of nitro groups is 1. The second-order valence-corrected chi connectivity index (χ2v) is 7.56. The molecule has 2 rings (SSSR count). The molecule has 0 saturated heterocycles. The van der Waals surface area contributed by atoms with Crippen LogP contribution in [0.25, 0.3) is 0 Å². The number of nitrogens with two attached hydrogens (primary N) is 1. The third-order valence-electron chi connectivity index (χ3n) is 3.42. The zero-order chi connectivity index (χ0) is 18.4. The van der Waals surface area contributed by atoms with Crippen LogP contribution in [0.15, 0.2) is 54.6 Å². The number of para-hydroxylation sites is 1. The monoisotopic (exact) mass is 402 g/mol. The number of nitrogens with one attached hydrogen (secondary N) is 1. The Morgan fingerprint density at radius 3 is 2.32 bits per heavy atom. The molecule has 9 heteroatoms. The molecule has 3 N–H and O–H groups in total. The fraction of sp³-hybridized carbons (Fsp3) is 0.188. The van der Waals surface area contributed by atoms with Crippen molar-refractivity contribution >= 4 is 46.4 Å². The fourth-order valence-corrected chi connectivity index (χ4v) is 2.62. The van der Waals surface area contributed by atoms with E-state index in [1.54, 1.807) is 5.32 Å².